The Morgan fingerprint density at radius 2 is 1.62 bits per heavy atom. The summed E-state index contributed by atoms with van der Waals surface area (Å²) in [5.41, 5.74) is 0. The highest BCUT2D eigenvalue weighted by molar-refractivity contribution is 5.80. The third-order valence-corrected chi connectivity index (χ3v) is 4.45. The standard InChI is InChI=1S/C22H34O4/c1-2-20-21(26-20)17-14-13-16-19(23)15-11-9-7-5-3-4-6-8-10-12-18-22(24)25/h3-6,8,10,12,18-21,23H,2,7,9,11,13-17H2,1H3,(H,24,25). The van der Waals surface area contributed by atoms with Crippen molar-refractivity contribution in [1.82, 2.24) is 0 Å². The predicted molar refractivity (Wildman–Crippen MR) is 106 cm³/mol. The van der Waals surface area contributed by atoms with Gasteiger partial charge in [0.2, 0.25) is 0 Å². The Morgan fingerprint density at radius 3 is 2.27 bits per heavy atom. The maximum atomic E-state index is 10.2. The SMILES string of the molecule is CCC1OC1CCCCC(O)CCCCC=CC=CC=CC=CC(=O)O. The molecule has 0 bridgehead atoms. The van der Waals surface area contributed by atoms with Crippen LogP contribution in [0.1, 0.15) is 64.7 Å². The van der Waals surface area contributed by atoms with Gasteiger partial charge in [0, 0.05) is 6.08 Å². The van der Waals surface area contributed by atoms with Crippen LogP contribution in [0.2, 0.25) is 0 Å². The number of carboxylic acid groups (broad SMARTS) is 1. The zero-order valence-electron chi connectivity index (χ0n) is 15.9. The highest BCUT2D eigenvalue weighted by Crippen LogP contribution is 2.29. The van der Waals surface area contributed by atoms with Gasteiger partial charge in [0.25, 0.3) is 0 Å². The van der Waals surface area contributed by atoms with Crippen LogP contribution in [0.4, 0.5) is 0 Å². The van der Waals surface area contributed by atoms with Gasteiger partial charge in [0.15, 0.2) is 0 Å². The minimum Gasteiger partial charge on any atom is -0.478 e. The van der Waals surface area contributed by atoms with Crippen LogP contribution in [-0.4, -0.2) is 34.5 Å². The van der Waals surface area contributed by atoms with Crippen LogP contribution >= 0.6 is 0 Å². The molecule has 0 aromatic heterocycles. The quantitative estimate of drug-likeness (QED) is 0.187. The monoisotopic (exact) mass is 362 g/mol. The summed E-state index contributed by atoms with van der Waals surface area (Å²) in [6.07, 6.45) is 24.3. The average molecular weight is 363 g/mol. The summed E-state index contributed by atoms with van der Waals surface area (Å²) in [6, 6.07) is 0. The maximum Gasteiger partial charge on any atom is 0.328 e. The van der Waals surface area contributed by atoms with Crippen molar-refractivity contribution in [2.75, 3.05) is 0 Å². The van der Waals surface area contributed by atoms with Gasteiger partial charge in [-0.1, -0.05) is 68.7 Å². The molecule has 0 amide bonds. The highest BCUT2D eigenvalue weighted by atomic mass is 16.6. The molecule has 0 aromatic rings. The van der Waals surface area contributed by atoms with E-state index in [-0.39, 0.29) is 6.10 Å². The molecule has 1 aliphatic heterocycles. The number of rotatable bonds is 15. The van der Waals surface area contributed by atoms with E-state index in [1.807, 2.05) is 18.2 Å². The second-order valence-electron chi connectivity index (χ2n) is 6.74. The van der Waals surface area contributed by atoms with E-state index in [1.54, 1.807) is 12.2 Å². The Morgan fingerprint density at radius 1 is 0.962 bits per heavy atom. The maximum absolute atomic E-state index is 10.2. The molecule has 4 heteroatoms. The van der Waals surface area contributed by atoms with Crippen molar-refractivity contribution in [2.24, 2.45) is 0 Å². The number of allylic oxidation sites excluding steroid dienone is 7. The first-order valence-corrected chi connectivity index (χ1v) is 9.86. The Kier molecular flexibility index (Phi) is 12.5. The zero-order valence-corrected chi connectivity index (χ0v) is 15.9. The van der Waals surface area contributed by atoms with E-state index in [0.717, 1.165) is 63.9 Å². The Bertz CT molecular complexity index is 490. The number of aliphatic carboxylic acids is 1. The molecule has 1 saturated heterocycles. The summed E-state index contributed by atoms with van der Waals surface area (Å²) in [7, 11) is 0. The van der Waals surface area contributed by atoms with Gasteiger partial charge >= 0.3 is 5.97 Å². The predicted octanol–water partition coefficient (Wildman–Crippen LogP) is 4.95. The van der Waals surface area contributed by atoms with Gasteiger partial charge in [-0.3, -0.25) is 0 Å². The fourth-order valence-electron chi connectivity index (χ4n) is 2.87. The molecule has 146 valence electrons. The third-order valence-electron chi connectivity index (χ3n) is 4.45. The van der Waals surface area contributed by atoms with Crippen molar-refractivity contribution in [2.45, 2.75) is 83.0 Å². The first-order valence-electron chi connectivity index (χ1n) is 9.86. The van der Waals surface area contributed by atoms with Crippen LogP contribution in [0.15, 0.2) is 48.6 Å². The molecule has 1 heterocycles. The van der Waals surface area contributed by atoms with Crippen LogP contribution in [0.25, 0.3) is 0 Å². The van der Waals surface area contributed by atoms with E-state index in [0.29, 0.717) is 12.2 Å². The van der Waals surface area contributed by atoms with Crippen LogP contribution in [0, 0.1) is 0 Å². The second kappa shape index (κ2) is 14.5. The molecule has 0 aliphatic carbocycles. The number of unbranched alkanes of at least 4 members (excludes halogenated alkanes) is 3. The molecular formula is C22H34O4. The van der Waals surface area contributed by atoms with Gasteiger partial charge in [-0.15, -0.1) is 0 Å². The van der Waals surface area contributed by atoms with Crippen LogP contribution in [-0.2, 0) is 9.53 Å². The molecule has 1 fully saturated rings. The number of aliphatic hydroxyl groups excluding tert-OH is 1. The molecule has 3 unspecified atom stereocenters. The summed E-state index contributed by atoms with van der Waals surface area (Å²) in [4.78, 5) is 10.2. The van der Waals surface area contributed by atoms with E-state index < -0.39 is 5.97 Å². The van der Waals surface area contributed by atoms with E-state index in [1.165, 1.54) is 6.08 Å². The van der Waals surface area contributed by atoms with E-state index in [9.17, 15) is 9.90 Å². The average Bonchev–Trinajstić information content (AvgIpc) is 3.38. The second-order valence-corrected chi connectivity index (χ2v) is 6.74. The van der Waals surface area contributed by atoms with Crippen molar-refractivity contribution >= 4 is 5.97 Å². The third kappa shape index (κ3) is 12.7. The molecule has 0 aromatic carbocycles. The normalized spacial score (nSPS) is 21.5. The largest absolute Gasteiger partial charge is 0.478 e. The summed E-state index contributed by atoms with van der Waals surface area (Å²) in [6.45, 7) is 2.17. The lowest BCUT2D eigenvalue weighted by Crippen LogP contribution is -2.06. The van der Waals surface area contributed by atoms with Gasteiger partial charge in [-0.2, -0.15) is 0 Å². The Balaban J connectivity index is 1.90. The number of carbonyl (C=O) groups is 1. The number of carboxylic acids is 1. The number of ether oxygens (including phenoxy) is 1. The van der Waals surface area contributed by atoms with Gasteiger partial charge in [-0.05, 0) is 38.5 Å². The molecule has 3 atom stereocenters. The van der Waals surface area contributed by atoms with Gasteiger partial charge < -0.3 is 14.9 Å². The molecule has 4 nitrogen and oxygen atoms in total. The Hall–Kier alpha value is -1.65. The van der Waals surface area contributed by atoms with Crippen molar-refractivity contribution in [3.05, 3.63) is 48.6 Å². The fraction of sp³-hybridized carbons (Fsp3) is 0.591. The molecule has 1 aliphatic rings. The molecular weight excluding hydrogens is 328 g/mol. The van der Waals surface area contributed by atoms with Gasteiger partial charge in [-0.25, -0.2) is 4.79 Å². The summed E-state index contributed by atoms with van der Waals surface area (Å²) < 4.78 is 5.52. The van der Waals surface area contributed by atoms with E-state index in [2.05, 4.69) is 13.0 Å². The smallest absolute Gasteiger partial charge is 0.328 e. The van der Waals surface area contributed by atoms with Crippen LogP contribution < -0.4 is 0 Å². The van der Waals surface area contributed by atoms with E-state index >= 15 is 0 Å². The van der Waals surface area contributed by atoms with Gasteiger partial charge in [0.1, 0.15) is 0 Å². The molecule has 26 heavy (non-hydrogen) atoms. The molecule has 0 saturated carbocycles. The number of hydrogen-bond donors (Lipinski definition) is 2. The molecule has 0 spiro atoms. The summed E-state index contributed by atoms with van der Waals surface area (Å²) >= 11 is 0. The van der Waals surface area contributed by atoms with Crippen molar-refractivity contribution in [1.29, 1.82) is 0 Å². The van der Waals surface area contributed by atoms with Crippen molar-refractivity contribution in [3.8, 4) is 0 Å². The van der Waals surface area contributed by atoms with Crippen molar-refractivity contribution < 1.29 is 19.7 Å². The molecule has 2 N–H and O–H groups in total. The zero-order chi connectivity index (χ0) is 19.0. The van der Waals surface area contributed by atoms with Crippen molar-refractivity contribution in [3.63, 3.8) is 0 Å². The summed E-state index contributed by atoms with van der Waals surface area (Å²) in [5, 5.41) is 18.4. The number of aliphatic hydroxyl groups is 1. The minimum atomic E-state index is -0.943. The number of hydrogen-bond acceptors (Lipinski definition) is 3. The lowest BCUT2D eigenvalue weighted by Gasteiger charge is -2.09. The minimum absolute atomic E-state index is 0.162. The Labute approximate surface area is 158 Å². The topological polar surface area (TPSA) is 70.1 Å². The molecule has 0 radical (unpaired) electrons. The lowest BCUT2D eigenvalue weighted by atomic mass is 10.0. The fourth-order valence-corrected chi connectivity index (χ4v) is 2.87. The summed E-state index contributed by atoms with van der Waals surface area (Å²) in [5.74, 6) is -0.943. The molecule has 1 rings (SSSR count). The van der Waals surface area contributed by atoms with E-state index in [4.69, 9.17) is 9.84 Å². The first kappa shape index (κ1) is 22.4. The van der Waals surface area contributed by atoms with Crippen LogP contribution in [0.5, 0.6) is 0 Å². The first-order chi connectivity index (χ1) is 12.6. The highest BCUT2D eigenvalue weighted by Gasteiger charge is 2.35. The van der Waals surface area contributed by atoms with Gasteiger partial charge in [0.05, 0.1) is 18.3 Å². The number of epoxide rings is 1. The lowest BCUT2D eigenvalue weighted by molar-refractivity contribution is -0.131. The van der Waals surface area contributed by atoms with Crippen LogP contribution in [0.3, 0.4) is 0 Å².